The molecule has 0 nitrogen and oxygen atoms in total. The molecule has 0 aromatic rings. The van der Waals surface area contributed by atoms with Crippen LogP contribution in [0, 0.1) is 52.8 Å². The maximum Gasteiger partial charge on any atom is 0.216 e. The molecule has 0 saturated heterocycles. The summed E-state index contributed by atoms with van der Waals surface area (Å²) in [6, 6.07) is 0. The van der Waals surface area contributed by atoms with Gasteiger partial charge in [-0.05, 0) is 21.7 Å². The Balaban J connectivity index is -0.0000000244. The van der Waals surface area contributed by atoms with E-state index < -0.39 is 0 Å². The summed E-state index contributed by atoms with van der Waals surface area (Å²) in [4.78, 5) is 0. The summed E-state index contributed by atoms with van der Waals surface area (Å²) < 4.78 is 0. The molecule has 42 heavy (non-hydrogen) atoms. The van der Waals surface area contributed by atoms with Crippen LogP contribution in [0.2, 0.25) is 40.9 Å². The van der Waals surface area contributed by atoms with Crippen LogP contribution in [0.1, 0.15) is 146 Å². The van der Waals surface area contributed by atoms with Gasteiger partial charge in [0.2, 0.25) is 6.71 Å². The molecule has 0 bridgehead atoms. The SMILES string of the molecule is C.C=CB(C=C)C=C.CB(C)C.CB(C)C.CC.CC.CC(C)(C)C.CC(C)(C)C.CC(C)(C)C.CC(C)(C)C.[U].[V]. The van der Waals surface area contributed by atoms with Gasteiger partial charge in [-0.15, -0.1) is 37.7 Å². The maximum atomic E-state index is 3.56. The summed E-state index contributed by atoms with van der Waals surface area (Å²) in [6.07, 6.45) is 0. The van der Waals surface area contributed by atoms with E-state index in [9.17, 15) is 0 Å². The van der Waals surface area contributed by atoms with Crippen molar-refractivity contribution >= 4 is 20.1 Å². The molecule has 0 saturated carbocycles. The molecular weight excluding hydrogens is 766 g/mol. The molecule has 0 spiro atoms. The molecule has 5 heteroatoms. The van der Waals surface area contributed by atoms with Gasteiger partial charge in [0.1, 0.15) is 13.4 Å². The van der Waals surface area contributed by atoms with Gasteiger partial charge in [-0.2, -0.15) is 0 Å². The third kappa shape index (κ3) is 1320. The van der Waals surface area contributed by atoms with Gasteiger partial charge in [0.25, 0.3) is 0 Å². The zero-order valence-corrected chi connectivity index (χ0v) is 40.1. The minimum atomic E-state index is 0. The third-order valence-electron chi connectivity index (χ3n) is 0.816. The van der Waals surface area contributed by atoms with Crippen LogP contribution in [0.5, 0.6) is 0 Å². The topological polar surface area (TPSA) is 0 Å². The number of hydrogen-bond acceptors (Lipinski definition) is 0. The molecule has 0 fully saturated rings. The fourth-order valence-electron chi connectivity index (χ4n) is 0.289. The van der Waals surface area contributed by atoms with Crippen LogP contribution in [0.3, 0.4) is 0 Å². The molecule has 0 amide bonds. The Morgan fingerprint density at radius 2 is 0.429 bits per heavy atom. The van der Waals surface area contributed by atoms with Crippen LogP contribution in [0.15, 0.2) is 37.7 Å². The standard InChI is InChI=1S/C6H9B.4C5H12.2C3H9B.2C2H6.CH4.U.V/c1-4-7(5-2)6-3;4*1-5(2,3)4;2*1-4(2)3;2*1-2;;;/h4-6H,1-3H2;4*1-4H3;2*1-3H3;2*1-2H3;1H4;;. The molecule has 1 radical (unpaired) electrons. The summed E-state index contributed by atoms with van der Waals surface area (Å²) in [5.74, 6) is 5.38. The molecule has 0 unspecified atom stereocenters. The maximum absolute atomic E-state index is 3.56. The smallest absolute Gasteiger partial charge is 0.114 e. The molecule has 0 atom stereocenters. The van der Waals surface area contributed by atoms with E-state index in [1.54, 1.807) is 17.9 Å². The van der Waals surface area contributed by atoms with Gasteiger partial charge < -0.3 is 0 Å². The minimum Gasteiger partial charge on any atom is -0.114 e. The van der Waals surface area contributed by atoms with Crippen LogP contribution in [0.4, 0.5) is 0 Å². The normalized spacial score (nSPS) is 8.43. The second kappa shape index (κ2) is 51.6. The summed E-state index contributed by atoms with van der Waals surface area (Å²) in [5, 5.41) is 0. The largest absolute Gasteiger partial charge is 0.216 e. The summed E-state index contributed by atoms with van der Waals surface area (Å²) in [6.45, 7) is 68.6. The Labute approximate surface area is 313 Å². The fraction of sp³-hybridized carbons (Fsp3) is 0.838. The van der Waals surface area contributed by atoms with Crippen molar-refractivity contribution in [2.24, 2.45) is 21.7 Å². The van der Waals surface area contributed by atoms with E-state index in [-0.39, 0.29) is 63.8 Å². The van der Waals surface area contributed by atoms with Gasteiger partial charge in [-0.3, -0.25) is 0 Å². The monoisotopic (exact) mass is 858 g/mol. The fourth-order valence-corrected chi connectivity index (χ4v) is 0.289. The average molecular weight is 858 g/mol. The van der Waals surface area contributed by atoms with Crippen molar-refractivity contribution in [3.63, 3.8) is 0 Å². The van der Waals surface area contributed by atoms with Crippen LogP contribution in [-0.2, 0) is 18.6 Å². The molecular formula is C37H91B3UV. The van der Waals surface area contributed by atoms with Gasteiger partial charge in [-0.25, -0.2) is 0 Å². The Morgan fingerprint density at radius 3 is 0.429 bits per heavy atom. The van der Waals surface area contributed by atoms with Crippen LogP contribution in [-0.4, -0.2) is 20.1 Å². The average Bonchev–Trinajstić information content (AvgIpc) is 2.60. The van der Waals surface area contributed by atoms with E-state index in [1.807, 2.05) is 27.7 Å². The van der Waals surface area contributed by atoms with Crippen molar-refractivity contribution in [2.45, 2.75) is 187 Å². The first-order chi connectivity index (χ1) is 16.8. The molecule has 0 aliphatic heterocycles. The minimum absolute atomic E-state index is 0. The van der Waals surface area contributed by atoms with E-state index in [0.717, 1.165) is 13.4 Å². The molecule has 0 aromatic carbocycles. The number of rotatable bonds is 3. The van der Waals surface area contributed by atoms with Crippen molar-refractivity contribution in [3.05, 3.63) is 37.7 Å². The quantitative estimate of drug-likeness (QED) is 0.248. The summed E-state index contributed by atoms with van der Waals surface area (Å²) >= 11 is 0. The van der Waals surface area contributed by atoms with Gasteiger partial charge >= 0.3 is 0 Å². The van der Waals surface area contributed by atoms with Crippen LogP contribution in [0.25, 0.3) is 0 Å². The first-order valence-corrected chi connectivity index (χ1v) is 15.7. The van der Waals surface area contributed by atoms with Crippen molar-refractivity contribution in [1.29, 1.82) is 0 Å². The van der Waals surface area contributed by atoms with E-state index in [2.05, 4.69) is 171 Å². The Morgan fingerprint density at radius 1 is 0.381 bits per heavy atom. The molecule has 257 valence electrons. The molecule has 0 rings (SSSR count). The zero-order valence-electron chi connectivity index (χ0n) is 34.5. The molecule has 0 N–H and O–H groups in total. The Hall–Kier alpha value is 1.05. The zero-order chi connectivity index (χ0) is 34.9. The van der Waals surface area contributed by atoms with Crippen molar-refractivity contribution in [3.8, 4) is 0 Å². The van der Waals surface area contributed by atoms with Crippen LogP contribution < -0.4 is 0 Å². The van der Waals surface area contributed by atoms with Gasteiger partial charge in [0.15, 0.2) is 0 Å². The molecule has 0 aliphatic rings. The third-order valence-corrected chi connectivity index (χ3v) is 0.816. The van der Waals surface area contributed by atoms with E-state index in [1.165, 1.54) is 0 Å². The second-order valence-corrected chi connectivity index (χ2v) is 16.7. The van der Waals surface area contributed by atoms with Crippen LogP contribution >= 0.6 is 0 Å². The summed E-state index contributed by atoms with van der Waals surface area (Å²) in [5.41, 5.74) is 2.00. The Bertz CT molecular complexity index is 331. The van der Waals surface area contributed by atoms with Gasteiger partial charge in [-0.1, -0.05) is 187 Å². The second-order valence-electron chi connectivity index (χ2n) is 16.7. The van der Waals surface area contributed by atoms with E-state index >= 15 is 0 Å². The van der Waals surface area contributed by atoms with Gasteiger partial charge in [0.05, 0.1) is 0 Å². The first kappa shape index (κ1) is 79.0. The van der Waals surface area contributed by atoms with Crippen molar-refractivity contribution in [2.75, 3.05) is 0 Å². The summed E-state index contributed by atoms with van der Waals surface area (Å²) in [7, 11) is 0. The van der Waals surface area contributed by atoms with Gasteiger partial charge in [0, 0.05) is 49.7 Å². The Kier molecular flexibility index (Phi) is 97.0. The predicted molar refractivity (Wildman–Crippen MR) is 213 cm³/mol. The van der Waals surface area contributed by atoms with Crippen molar-refractivity contribution in [1.82, 2.24) is 0 Å². The first-order valence-electron chi connectivity index (χ1n) is 15.7. The molecule has 0 heterocycles. The van der Waals surface area contributed by atoms with Crippen molar-refractivity contribution < 1.29 is 49.7 Å². The molecule has 0 aliphatic carbocycles. The predicted octanol–water partition coefficient (Wildman–Crippen LogP) is 15.3. The molecule has 0 aromatic heterocycles. The number of hydrogen-bond donors (Lipinski definition) is 0. The van der Waals surface area contributed by atoms with E-state index in [4.69, 9.17) is 0 Å². The van der Waals surface area contributed by atoms with E-state index in [0.29, 0.717) is 21.7 Å².